The summed E-state index contributed by atoms with van der Waals surface area (Å²) in [4.78, 5) is 5.32. The average molecular weight is 239 g/mol. The molecule has 0 radical (unpaired) electrons. The van der Waals surface area contributed by atoms with Crippen molar-refractivity contribution in [1.29, 1.82) is 0 Å². The molecule has 0 aromatic heterocycles. The molecule has 4 nitrogen and oxygen atoms in total. The fraction of sp³-hybridized carbons (Fsp3) is 0.538. The van der Waals surface area contributed by atoms with E-state index in [4.69, 9.17) is 14.3 Å². The lowest BCUT2D eigenvalue weighted by atomic mass is 10.2. The van der Waals surface area contributed by atoms with Gasteiger partial charge < -0.3 is 9.47 Å². The molecule has 0 heterocycles. The molecule has 0 amide bonds. The Morgan fingerprint density at radius 1 is 1.06 bits per heavy atom. The van der Waals surface area contributed by atoms with Gasteiger partial charge in [-0.3, -0.25) is 4.84 Å². The van der Waals surface area contributed by atoms with Crippen molar-refractivity contribution in [1.82, 2.24) is 5.48 Å². The molecule has 0 spiro atoms. The van der Waals surface area contributed by atoms with E-state index in [1.54, 1.807) is 7.11 Å². The first-order valence-corrected chi connectivity index (χ1v) is 5.88. The van der Waals surface area contributed by atoms with Crippen molar-refractivity contribution < 1.29 is 14.3 Å². The van der Waals surface area contributed by atoms with Crippen LogP contribution >= 0.6 is 0 Å². The Bertz CT molecular complexity index is 267. The highest BCUT2D eigenvalue weighted by Crippen LogP contribution is 1.98. The quantitative estimate of drug-likeness (QED) is 0.499. The van der Waals surface area contributed by atoms with E-state index in [1.807, 2.05) is 30.3 Å². The van der Waals surface area contributed by atoms with Crippen molar-refractivity contribution in [2.45, 2.75) is 13.0 Å². The van der Waals surface area contributed by atoms with Crippen molar-refractivity contribution in [3.63, 3.8) is 0 Å². The summed E-state index contributed by atoms with van der Waals surface area (Å²) < 4.78 is 10.2. The van der Waals surface area contributed by atoms with Gasteiger partial charge in [0, 0.05) is 20.3 Å². The van der Waals surface area contributed by atoms with Gasteiger partial charge in [0.25, 0.3) is 0 Å². The number of hydroxylamine groups is 1. The van der Waals surface area contributed by atoms with Crippen LogP contribution in [0.2, 0.25) is 0 Å². The van der Waals surface area contributed by atoms with E-state index in [2.05, 4.69) is 5.48 Å². The van der Waals surface area contributed by atoms with Gasteiger partial charge in [-0.2, -0.15) is 0 Å². The molecule has 0 saturated carbocycles. The minimum Gasteiger partial charge on any atom is -0.382 e. The second-order valence-electron chi connectivity index (χ2n) is 3.63. The van der Waals surface area contributed by atoms with Crippen LogP contribution in [0.15, 0.2) is 30.3 Å². The van der Waals surface area contributed by atoms with Gasteiger partial charge in [-0.1, -0.05) is 30.3 Å². The molecular formula is C13H21NO3. The molecule has 96 valence electrons. The summed E-state index contributed by atoms with van der Waals surface area (Å²) in [7, 11) is 1.67. The van der Waals surface area contributed by atoms with E-state index < -0.39 is 0 Å². The highest BCUT2D eigenvalue weighted by molar-refractivity contribution is 5.13. The lowest BCUT2D eigenvalue weighted by Crippen LogP contribution is -2.17. The molecule has 1 N–H and O–H groups in total. The molecule has 0 atom stereocenters. The Hall–Kier alpha value is -0.940. The maximum Gasteiger partial charge on any atom is 0.0933 e. The van der Waals surface area contributed by atoms with E-state index in [-0.39, 0.29) is 0 Å². The Balaban J connectivity index is 1.85. The fourth-order valence-electron chi connectivity index (χ4n) is 1.27. The highest BCUT2D eigenvalue weighted by atomic mass is 16.6. The first kappa shape index (κ1) is 14.1. The molecule has 0 aliphatic rings. The van der Waals surface area contributed by atoms with Crippen molar-refractivity contribution in [3.8, 4) is 0 Å². The molecule has 0 unspecified atom stereocenters. The number of nitrogens with one attached hydrogen (secondary N) is 1. The second kappa shape index (κ2) is 10.2. The molecular weight excluding hydrogens is 218 g/mol. The molecule has 1 rings (SSSR count). The first-order chi connectivity index (χ1) is 8.43. The van der Waals surface area contributed by atoms with E-state index >= 15 is 0 Å². The molecule has 0 aliphatic heterocycles. The van der Waals surface area contributed by atoms with Gasteiger partial charge in [0.05, 0.1) is 19.8 Å². The fourth-order valence-corrected chi connectivity index (χ4v) is 1.27. The molecule has 4 heteroatoms. The Morgan fingerprint density at radius 3 is 2.65 bits per heavy atom. The topological polar surface area (TPSA) is 39.7 Å². The van der Waals surface area contributed by atoms with Crippen molar-refractivity contribution in [3.05, 3.63) is 35.9 Å². The van der Waals surface area contributed by atoms with Crippen LogP contribution in [0.1, 0.15) is 12.0 Å². The molecule has 0 bridgehead atoms. The molecule has 1 aromatic carbocycles. The lowest BCUT2D eigenvalue weighted by molar-refractivity contribution is 0.0184. The van der Waals surface area contributed by atoms with Crippen LogP contribution in [0.3, 0.4) is 0 Å². The largest absolute Gasteiger partial charge is 0.382 e. The van der Waals surface area contributed by atoms with Crippen molar-refractivity contribution in [2.75, 3.05) is 33.5 Å². The third-order valence-corrected chi connectivity index (χ3v) is 2.18. The average Bonchev–Trinajstić information content (AvgIpc) is 2.38. The minimum atomic E-state index is 0.589. The summed E-state index contributed by atoms with van der Waals surface area (Å²) in [5, 5.41) is 0. The van der Waals surface area contributed by atoms with Gasteiger partial charge >= 0.3 is 0 Å². The van der Waals surface area contributed by atoms with Crippen LogP contribution in [0, 0.1) is 0 Å². The van der Waals surface area contributed by atoms with Crippen LogP contribution in [0.25, 0.3) is 0 Å². The van der Waals surface area contributed by atoms with Gasteiger partial charge in [0.2, 0.25) is 0 Å². The van der Waals surface area contributed by atoms with Crippen molar-refractivity contribution >= 4 is 0 Å². The van der Waals surface area contributed by atoms with Crippen LogP contribution in [-0.2, 0) is 20.9 Å². The van der Waals surface area contributed by atoms with E-state index in [1.165, 1.54) is 0 Å². The van der Waals surface area contributed by atoms with E-state index in [0.29, 0.717) is 19.8 Å². The molecule has 0 saturated heterocycles. The zero-order chi connectivity index (χ0) is 12.2. The predicted octanol–water partition coefficient (Wildman–Crippen LogP) is 1.76. The molecule has 0 fully saturated rings. The third-order valence-electron chi connectivity index (χ3n) is 2.18. The van der Waals surface area contributed by atoms with E-state index in [9.17, 15) is 0 Å². The number of hydrogen-bond donors (Lipinski definition) is 1. The normalized spacial score (nSPS) is 10.6. The van der Waals surface area contributed by atoms with Crippen LogP contribution in [0.4, 0.5) is 0 Å². The third kappa shape index (κ3) is 7.88. The smallest absolute Gasteiger partial charge is 0.0933 e. The summed E-state index contributed by atoms with van der Waals surface area (Å²) in [6.07, 6.45) is 0.929. The monoisotopic (exact) mass is 239 g/mol. The van der Waals surface area contributed by atoms with Crippen LogP contribution in [-0.4, -0.2) is 33.5 Å². The van der Waals surface area contributed by atoms with Crippen LogP contribution < -0.4 is 5.48 Å². The summed E-state index contributed by atoms with van der Waals surface area (Å²) in [6.45, 7) is 3.41. The van der Waals surface area contributed by atoms with Gasteiger partial charge in [-0.25, -0.2) is 5.48 Å². The summed E-state index contributed by atoms with van der Waals surface area (Å²) in [6, 6.07) is 10.1. The highest BCUT2D eigenvalue weighted by Gasteiger charge is 1.92. The van der Waals surface area contributed by atoms with E-state index in [0.717, 1.165) is 25.1 Å². The Labute approximate surface area is 103 Å². The predicted molar refractivity (Wildman–Crippen MR) is 66.5 cm³/mol. The van der Waals surface area contributed by atoms with Gasteiger partial charge in [0.1, 0.15) is 0 Å². The Morgan fingerprint density at radius 2 is 1.88 bits per heavy atom. The lowest BCUT2D eigenvalue weighted by Gasteiger charge is -2.06. The summed E-state index contributed by atoms with van der Waals surface area (Å²) in [5.74, 6) is 0. The van der Waals surface area contributed by atoms with Gasteiger partial charge in [-0.05, 0) is 12.0 Å². The number of benzene rings is 1. The number of ether oxygens (including phenoxy) is 2. The maximum absolute atomic E-state index is 5.32. The number of methoxy groups -OCH3 is 1. The van der Waals surface area contributed by atoms with Gasteiger partial charge in [-0.15, -0.1) is 0 Å². The second-order valence-corrected chi connectivity index (χ2v) is 3.63. The number of rotatable bonds is 10. The number of hydrogen-bond acceptors (Lipinski definition) is 4. The molecule has 1 aromatic rings. The maximum atomic E-state index is 5.32. The SMILES string of the molecule is COCCOCCCNOCc1ccccc1. The standard InChI is InChI=1S/C13H21NO3/c1-15-10-11-16-9-5-8-14-17-12-13-6-3-2-4-7-13/h2-4,6-7,14H,5,8-12H2,1H3. The van der Waals surface area contributed by atoms with Crippen molar-refractivity contribution in [2.24, 2.45) is 0 Å². The first-order valence-electron chi connectivity index (χ1n) is 5.88. The Kier molecular flexibility index (Phi) is 8.50. The summed E-state index contributed by atoms with van der Waals surface area (Å²) >= 11 is 0. The van der Waals surface area contributed by atoms with Crippen LogP contribution in [0.5, 0.6) is 0 Å². The molecule has 0 aliphatic carbocycles. The minimum absolute atomic E-state index is 0.589. The zero-order valence-electron chi connectivity index (χ0n) is 10.4. The van der Waals surface area contributed by atoms with Gasteiger partial charge in [0.15, 0.2) is 0 Å². The zero-order valence-corrected chi connectivity index (χ0v) is 10.4. The molecule has 17 heavy (non-hydrogen) atoms. The summed E-state index contributed by atoms with van der Waals surface area (Å²) in [5.41, 5.74) is 4.08.